The molecule has 0 aromatic heterocycles. The first-order valence-corrected chi connectivity index (χ1v) is 6.57. The maximum Gasteiger partial charge on any atom is 0.123 e. The smallest absolute Gasteiger partial charge is 0.123 e. The largest absolute Gasteiger partial charge is 0.496 e. The second-order valence-corrected chi connectivity index (χ2v) is 5.21. The molecule has 2 rings (SSSR count). The summed E-state index contributed by atoms with van der Waals surface area (Å²) < 4.78 is 5.33. The minimum Gasteiger partial charge on any atom is -0.496 e. The van der Waals surface area contributed by atoms with Crippen LogP contribution in [0.2, 0.25) is 5.02 Å². The summed E-state index contributed by atoms with van der Waals surface area (Å²) in [6.45, 7) is 6.14. The highest BCUT2D eigenvalue weighted by atomic mass is 35.5. The van der Waals surface area contributed by atoms with Gasteiger partial charge in [-0.05, 0) is 55.7 Å². The minimum absolute atomic E-state index is 0.692. The molecule has 0 radical (unpaired) electrons. The number of aryl methyl sites for hydroxylation is 3. The lowest BCUT2D eigenvalue weighted by molar-refractivity contribution is 0.412. The molecule has 0 fully saturated rings. The lowest BCUT2D eigenvalue weighted by Gasteiger charge is -2.13. The van der Waals surface area contributed by atoms with Gasteiger partial charge < -0.3 is 10.1 Å². The van der Waals surface area contributed by atoms with E-state index in [1.54, 1.807) is 7.11 Å². The Bertz CT molecular complexity index is 588. The number of rotatable bonds is 3. The van der Waals surface area contributed by atoms with Crippen molar-refractivity contribution >= 4 is 23.0 Å². The molecule has 2 nitrogen and oxygen atoms in total. The maximum absolute atomic E-state index is 6.27. The highest BCUT2D eigenvalue weighted by molar-refractivity contribution is 6.33. The summed E-state index contributed by atoms with van der Waals surface area (Å²) in [5, 5.41) is 4.04. The number of nitrogens with one attached hydrogen (secondary N) is 1. The molecule has 0 saturated heterocycles. The number of halogens is 1. The molecular weight excluding hydrogens is 258 g/mol. The first kappa shape index (κ1) is 13.8. The standard InChI is InChI=1S/C16H18ClNO/c1-10-5-11(2)7-13(6-10)18-15-9-16(19-4)12(3)8-14(15)17/h5-9,18H,1-4H3. The van der Waals surface area contributed by atoms with Gasteiger partial charge in [0.2, 0.25) is 0 Å². The van der Waals surface area contributed by atoms with Crippen LogP contribution in [0.25, 0.3) is 0 Å². The van der Waals surface area contributed by atoms with E-state index in [0.717, 1.165) is 22.7 Å². The SMILES string of the molecule is COc1cc(Nc2cc(C)cc(C)c2)c(Cl)cc1C. The Morgan fingerprint density at radius 1 is 0.947 bits per heavy atom. The van der Waals surface area contributed by atoms with E-state index in [0.29, 0.717) is 5.02 Å². The van der Waals surface area contributed by atoms with Crippen molar-refractivity contribution in [2.45, 2.75) is 20.8 Å². The van der Waals surface area contributed by atoms with Crippen molar-refractivity contribution in [3.8, 4) is 5.75 Å². The van der Waals surface area contributed by atoms with Crippen LogP contribution in [0.3, 0.4) is 0 Å². The first-order chi connectivity index (χ1) is 8.99. The van der Waals surface area contributed by atoms with Gasteiger partial charge in [-0.1, -0.05) is 17.7 Å². The van der Waals surface area contributed by atoms with Crippen molar-refractivity contribution in [1.29, 1.82) is 0 Å². The number of benzene rings is 2. The summed E-state index contributed by atoms with van der Waals surface area (Å²) >= 11 is 6.27. The lowest BCUT2D eigenvalue weighted by Crippen LogP contribution is -1.95. The maximum atomic E-state index is 6.27. The molecule has 2 aromatic rings. The van der Waals surface area contributed by atoms with Gasteiger partial charge in [0.15, 0.2) is 0 Å². The van der Waals surface area contributed by atoms with E-state index in [1.807, 2.05) is 19.1 Å². The van der Waals surface area contributed by atoms with Crippen LogP contribution in [-0.2, 0) is 0 Å². The summed E-state index contributed by atoms with van der Waals surface area (Å²) in [4.78, 5) is 0. The highest BCUT2D eigenvalue weighted by Crippen LogP contribution is 2.32. The third kappa shape index (κ3) is 3.21. The van der Waals surface area contributed by atoms with Crippen molar-refractivity contribution in [3.63, 3.8) is 0 Å². The van der Waals surface area contributed by atoms with E-state index in [2.05, 4.69) is 37.4 Å². The summed E-state index contributed by atoms with van der Waals surface area (Å²) in [5.74, 6) is 0.830. The second-order valence-electron chi connectivity index (χ2n) is 4.80. The van der Waals surface area contributed by atoms with Gasteiger partial charge in [0.25, 0.3) is 0 Å². The molecule has 1 N–H and O–H groups in total. The summed E-state index contributed by atoms with van der Waals surface area (Å²) in [7, 11) is 1.66. The van der Waals surface area contributed by atoms with Crippen LogP contribution < -0.4 is 10.1 Å². The molecule has 100 valence electrons. The van der Waals surface area contributed by atoms with Crippen LogP contribution in [0, 0.1) is 20.8 Å². The van der Waals surface area contributed by atoms with Crippen molar-refractivity contribution < 1.29 is 4.74 Å². The summed E-state index contributed by atoms with van der Waals surface area (Å²) in [5.41, 5.74) is 5.35. The van der Waals surface area contributed by atoms with E-state index >= 15 is 0 Å². The topological polar surface area (TPSA) is 21.3 Å². The van der Waals surface area contributed by atoms with Crippen molar-refractivity contribution in [2.24, 2.45) is 0 Å². The average molecular weight is 276 g/mol. The van der Waals surface area contributed by atoms with Crippen LogP contribution in [0.4, 0.5) is 11.4 Å². The third-order valence-corrected chi connectivity index (χ3v) is 3.30. The predicted octanol–water partition coefficient (Wildman–Crippen LogP) is 5.02. The van der Waals surface area contributed by atoms with Crippen molar-refractivity contribution in [2.75, 3.05) is 12.4 Å². The van der Waals surface area contributed by atoms with E-state index in [1.165, 1.54) is 11.1 Å². The Labute approximate surface area is 119 Å². The van der Waals surface area contributed by atoms with Gasteiger partial charge in [0.05, 0.1) is 17.8 Å². The lowest BCUT2D eigenvalue weighted by atomic mass is 10.1. The zero-order valence-corrected chi connectivity index (χ0v) is 12.4. The van der Waals surface area contributed by atoms with Crippen LogP contribution in [-0.4, -0.2) is 7.11 Å². The highest BCUT2D eigenvalue weighted by Gasteiger charge is 2.07. The quantitative estimate of drug-likeness (QED) is 0.849. The van der Waals surface area contributed by atoms with E-state index in [4.69, 9.17) is 16.3 Å². The second kappa shape index (κ2) is 5.54. The van der Waals surface area contributed by atoms with E-state index in [-0.39, 0.29) is 0 Å². The third-order valence-electron chi connectivity index (χ3n) is 2.99. The van der Waals surface area contributed by atoms with Crippen LogP contribution in [0.1, 0.15) is 16.7 Å². The molecule has 0 heterocycles. The van der Waals surface area contributed by atoms with Gasteiger partial charge in [0.1, 0.15) is 5.75 Å². The summed E-state index contributed by atoms with van der Waals surface area (Å²) in [6.07, 6.45) is 0. The molecule has 0 amide bonds. The zero-order valence-electron chi connectivity index (χ0n) is 11.7. The number of anilines is 2. The Balaban J connectivity index is 2.37. The van der Waals surface area contributed by atoms with Gasteiger partial charge in [0, 0.05) is 11.8 Å². The van der Waals surface area contributed by atoms with Gasteiger partial charge in [-0.3, -0.25) is 0 Å². The minimum atomic E-state index is 0.692. The molecule has 0 aliphatic carbocycles. The zero-order chi connectivity index (χ0) is 14.0. The van der Waals surface area contributed by atoms with E-state index < -0.39 is 0 Å². The van der Waals surface area contributed by atoms with Crippen LogP contribution >= 0.6 is 11.6 Å². The summed E-state index contributed by atoms with van der Waals surface area (Å²) in [6, 6.07) is 10.2. The molecule has 0 saturated carbocycles. The van der Waals surface area contributed by atoms with Gasteiger partial charge in [-0.25, -0.2) is 0 Å². The normalized spacial score (nSPS) is 10.4. The fraction of sp³-hybridized carbons (Fsp3) is 0.250. The molecule has 0 bridgehead atoms. The Morgan fingerprint density at radius 3 is 2.16 bits per heavy atom. The monoisotopic (exact) mass is 275 g/mol. The number of hydrogen-bond donors (Lipinski definition) is 1. The fourth-order valence-electron chi connectivity index (χ4n) is 2.17. The molecule has 0 spiro atoms. The molecule has 0 aliphatic rings. The molecule has 19 heavy (non-hydrogen) atoms. The van der Waals surface area contributed by atoms with Gasteiger partial charge >= 0.3 is 0 Å². The average Bonchev–Trinajstić information content (AvgIpc) is 2.31. The van der Waals surface area contributed by atoms with Gasteiger partial charge in [-0.15, -0.1) is 0 Å². The Hall–Kier alpha value is -1.67. The number of ether oxygens (including phenoxy) is 1. The Kier molecular flexibility index (Phi) is 4.01. The van der Waals surface area contributed by atoms with E-state index in [9.17, 15) is 0 Å². The van der Waals surface area contributed by atoms with Gasteiger partial charge in [-0.2, -0.15) is 0 Å². The molecule has 0 atom stereocenters. The molecular formula is C16H18ClNO. The Morgan fingerprint density at radius 2 is 1.58 bits per heavy atom. The first-order valence-electron chi connectivity index (χ1n) is 6.19. The molecule has 0 unspecified atom stereocenters. The predicted molar refractivity (Wildman–Crippen MR) is 81.9 cm³/mol. The number of methoxy groups -OCH3 is 1. The number of hydrogen-bond acceptors (Lipinski definition) is 2. The molecule has 3 heteroatoms. The molecule has 2 aromatic carbocycles. The van der Waals surface area contributed by atoms with Crippen LogP contribution in [0.15, 0.2) is 30.3 Å². The van der Waals surface area contributed by atoms with Crippen LogP contribution in [0.5, 0.6) is 5.75 Å². The van der Waals surface area contributed by atoms with Crippen molar-refractivity contribution in [3.05, 3.63) is 52.0 Å². The molecule has 0 aliphatic heterocycles. The fourth-order valence-corrected chi connectivity index (χ4v) is 2.44. The van der Waals surface area contributed by atoms with Crippen molar-refractivity contribution in [1.82, 2.24) is 0 Å².